The van der Waals surface area contributed by atoms with Crippen LogP contribution in [0.4, 0.5) is 0 Å². The first-order valence-corrected chi connectivity index (χ1v) is 6.22. The molecule has 8 nitrogen and oxygen atoms in total. The van der Waals surface area contributed by atoms with Gasteiger partial charge in [0.05, 0.1) is 0 Å². The van der Waals surface area contributed by atoms with Crippen LogP contribution in [0.15, 0.2) is 9.59 Å². The lowest BCUT2D eigenvalue weighted by Crippen LogP contribution is -2.39. The lowest BCUT2D eigenvalue weighted by molar-refractivity contribution is 0.0680. The number of carboxylic acids is 1. The van der Waals surface area contributed by atoms with Crippen LogP contribution in [0.1, 0.15) is 36.9 Å². The summed E-state index contributed by atoms with van der Waals surface area (Å²) in [5.41, 5.74) is -0.809. The molecule has 0 aliphatic heterocycles. The quantitative estimate of drug-likeness (QED) is 0.859. The smallest absolute Gasteiger partial charge is 0.372 e. The van der Waals surface area contributed by atoms with Crippen LogP contribution in [0.5, 0.6) is 0 Å². The van der Waals surface area contributed by atoms with Gasteiger partial charge >= 0.3 is 11.7 Å². The molecule has 0 bridgehead atoms. The molecular weight excluding hydrogens is 264 g/mol. The monoisotopic (exact) mass is 280 g/mol. The SMILES string of the molecule is CCC(C)n1c(=O)n(C)c(=O)c2c1nc(C(=O)O)n2C. The molecule has 2 heterocycles. The second-order valence-corrected chi connectivity index (χ2v) is 4.75. The number of aromatic nitrogens is 4. The van der Waals surface area contributed by atoms with Crippen molar-refractivity contribution in [3.63, 3.8) is 0 Å². The molecule has 1 N–H and O–H groups in total. The number of aryl methyl sites for hydroxylation is 1. The van der Waals surface area contributed by atoms with Gasteiger partial charge in [-0.15, -0.1) is 0 Å². The van der Waals surface area contributed by atoms with Gasteiger partial charge in [-0.25, -0.2) is 14.6 Å². The van der Waals surface area contributed by atoms with Crippen molar-refractivity contribution in [2.45, 2.75) is 26.3 Å². The number of hydrogen-bond acceptors (Lipinski definition) is 4. The van der Waals surface area contributed by atoms with E-state index in [9.17, 15) is 14.4 Å². The molecule has 8 heteroatoms. The Labute approximate surface area is 113 Å². The number of nitrogens with zero attached hydrogens (tertiary/aromatic N) is 4. The molecular formula is C12H16N4O4. The Morgan fingerprint density at radius 1 is 1.30 bits per heavy atom. The Kier molecular flexibility index (Phi) is 3.24. The van der Waals surface area contributed by atoms with Gasteiger partial charge in [-0.1, -0.05) is 6.92 Å². The van der Waals surface area contributed by atoms with Gasteiger partial charge in [-0.2, -0.15) is 0 Å². The van der Waals surface area contributed by atoms with Crippen LogP contribution in [0.25, 0.3) is 11.2 Å². The summed E-state index contributed by atoms with van der Waals surface area (Å²) < 4.78 is 3.54. The predicted molar refractivity (Wildman–Crippen MR) is 72.2 cm³/mol. The molecule has 0 fully saturated rings. The van der Waals surface area contributed by atoms with Gasteiger partial charge in [0.1, 0.15) is 0 Å². The summed E-state index contributed by atoms with van der Waals surface area (Å²) in [5, 5.41) is 9.10. The first-order chi connectivity index (χ1) is 9.31. The molecule has 2 rings (SSSR count). The Bertz CT molecular complexity index is 811. The van der Waals surface area contributed by atoms with E-state index >= 15 is 0 Å². The zero-order valence-corrected chi connectivity index (χ0v) is 11.7. The van der Waals surface area contributed by atoms with Crippen molar-refractivity contribution in [3.05, 3.63) is 26.7 Å². The van der Waals surface area contributed by atoms with Gasteiger partial charge in [-0.05, 0) is 13.3 Å². The molecule has 20 heavy (non-hydrogen) atoms. The van der Waals surface area contributed by atoms with Gasteiger partial charge in [-0.3, -0.25) is 13.9 Å². The maximum absolute atomic E-state index is 12.2. The number of aromatic carboxylic acids is 1. The summed E-state index contributed by atoms with van der Waals surface area (Å²) >= 11 is 0. The van der Waals surface area contributed by atoms with Crippen molar-refractivity contribution >= 4 is 17.1 Å². The van der Waals surface area contributed by atoms with Crippen LogP contribution in [-0.4, -0.2) is 29.8 Å². The Hall–Kier alpha value is -2.38. The summed E-state index contributed by atoms with van der Waals surface area (Å²) in [6.07, 6.45) is 0.659. The average molecular weight is 280 g/mol. The molecule has 0 aliphatic rings. The third-order valence-electron chi connectivity index (χ3n) is 3.53. The highest BCUT2D eigenvalue weighted by atomic mass is 16.4. The number of hydrogen-bond donors (Lipinski definition) is 1. The molecule has 0 spiro atoms. The largest absolute Gasteiger partial charge is 0.475 e. The normalized spacial score (nSPS) is 12.8. The highest BCUT2D eigenvalue weighted by Crippen LogP contribution is 2.15. The van der Waals surface area contributed by atoms with E-state index in [1.54, 1.807) is 0 Å². The minimum Gasteiger partial charge on any atom is -0.475 e. The number of rotatable bonds is 3. The molecule has 0 aliphatic carbocycles. The van der Waals surface area contributed by atoms with Crippen LogP contribution < -0.4 is 11.2 Å². The van der Waals surface area contributed by atoms with Crippen molar-refractivity contribution in [2.75, 3.05) is 0 Å². The molecule has 2 aromatic heterocycles. The minimum absolute atomic E-state index is 0.116. The molecule has 1 atom stereocenters. The van der Waals surface area contributed by atoms with Crippen molar-refractivity contribution < 1.29 is 9.90 Å². The van der Waals surface area contributed by atoms with E-state index in [4.69, 9.17) is 5.11 Å². The number of fused-ring (bicyclic) bond motifs is 1. The van der Waals surface area contributed by atoms with E-state index in [1.165, 1.54) is 23.2 Å². The highest BCUT2D eigenvalue weighted by molar-refractivity contribution is 5.88. The third kappa shape index (κ3) is 1.75. The van der Waals surface area contributed by atoms with Crippen molar-refractivity contribution in [3.8, 4) is 0 Å². The average Bonchev–Trinajstić information content (AvgIpc) is 2.74. The molecule has 0 radical (unpaired) electrons. The Morgan fingerprint density at radius 3 is 2.40 bits per heavy atom. The number of carboxylic acid groups (broad SMARTS) is 1. The van der Waals surface area contributed by atoms with Crippen LogP contribution in [-0.2, 0) is 14.1 Å². The lowest BCUT2D eigenvalue weighted by atomic mass is 10.2. The Balaban J connectivity index is 3.08. The molecule has 0 saturated heterocycles. The van der Waals surface area contributed by atoms with Crippen molar-refractivity contribution in [2.24, 2.45) is 14.1 Å². The summed E-state index contributed by atoms with van der Waals surface area (Å²) in [5.74, 6) is -1.51. The molecule has 2 aromatic rings. The summed E-state index contributed by atoms with van der Waals surface area (Å²) in [6.45, 7) is 3.72. The van der Waals surface area contributed by atoms with Gasteiger partial charge < -0.3 is 9.67 Å². The van der Waals surface area contributed by atoms with E-state index in [1.807, 2.05) is 13.8 Å². The minimum atomic E-state index is -1.24. The molecule has 0 amide bonds. The molecule has 108 valence electrons. The number of carbonyl (C=O) groups is 1. The maximum atomic E-state index is 12.2. The molecule has 0 aromatic carbocycles. The zero-order chi connectivity index (χ0) is 15.2. The van der Waals surface area contributed by atoms with E-state index in [2.05, 4.69) is 4.98 Å². The van der Waals surface area contributed by atoms with Gasteiger partial charge in [0.15, 0.2) is 11.2 Å². The fourth-order valence-electron chi connectivity index (χ4n) is 2.16. The van der Waals surface area contributed by atoms with Crippen LogP contribution in [0.2, 0.25) is 0 Å². The number of imidazole rings is 1. The van der Waals surface area contributed by atoms with E-state index in [0.717, 1.165) is 4.57 Å². The first-order valence-electron chi connectivity index (χ1n) is 6.22. The summed E-state index contributed by atoms with van der Waals surface area (Å²) in [7, 11) is 2.82. The summed E-state index contributed by atoms with van der Waals surface area (Å²) in [6, 6.07) is -0.187. The lowest BCUT2D eigenvalue weighted by Gasteiger charge is -2.14. The second kappa shape index (κ2) is 4.62. The van der Waals surface area contributed by atoms with Gasteiger partial charge in [0.25, 0.3) is 5.56 Å². The molecule has 0 saturated carbocycles. The predicted octanol–water partition coefficient (Wildman–Crippen LogP) is 0.103. The first kappa shape index (κ1) is 14.0. The zero-order valence-electron chi connectivity index (χ0n) is 11.7. The van der Waals surface area contributed by atoms with E-state index < -0.39 is 17.2 Å². The van der Waals surface area contributed by atoms with Crippen LogP contribution in [0.3, 0.4) is 0 Å². The van der Waals surface area contributed by atoms with Crippen LogP contribution >= 0.6 is 0 Å². The van der Waals surface area contributed by atoms with Gasteiger partial charge in [0, 0.05) is 20.1 Å². The fourth-order valence-corrected chi connectivity index (χ4v) is 2.16. The summed E-state index contributed by atoms with van der Waals surface area (Å²) in [4.78, 5) is 39.5. The van der Waals surface area contributed by atoms with Crippen molar-refractivity contribution in [1.82, 2.24) is 18.7 Å². The highest BCUT2D eigenvalue weighted by Gasteiger charge is 2.23. The third-order valence-corrected chi connectivity index (χ3v) is 3.53. The topological polar surface area (TPSA) is 99.1 Å². The standard InChI is InChI=1S/C12H16N4O4/c1-5-6(2)16-8-7(10(17)15(4)12(16)20)14(3)9(13-8)11(18)19/h6H,5H2,1-4H3,(H,18,19). The van der Waals surface area contributed by atoms with E-state index in [0.29, 0.717) is 6.42 Å². The van der Waals surface area contributed by atoms with Crippen molar-refractivity contribution in [1.29, 1.82) is 0 Å². The second-order valence-electron chi connectivity index (χ2n) is 4.75. The van der Waals surface area contributed by atoms with Crippen LogP contribution in [0, 0.1) is 0 Å². The maximum Gasteiger partial charge on any atom is 0.372 e. The Morgan fingerprint density at radius 2 is 1.90 bits per heavy atom. The fraction of sp³-hybridized carbons (Fsp3) is 0.500. The molecule has 1 unspecified atom stereocenters. The van der Waals surface area contributed by atoms with E-state index in [-0.39, 0.29) is 23.0 Å². The van der Waals surface area contributed by atoms with Gasteiger partial charge in [0.2, 0.25) is 5.82 Å².